The number of nitrogen functional groups attached to an aromatic ring is 1. The van der Waals surface area contributed by atoms with Gasteiger partial charge in [-0.15, -0.1) is 12.4 Å². The van der Waals surface area contributed by atoms with E-state index in [1.165, 1.54) is 0 Å². The fourth-order valence-corrected chi connectivity index (χ4v) is 4.61. The number of methoxy groups -OCH3 is 1. The Hall–Kier alpha value is -1.31. The minimum Gasteiger partial charge on any atom is -0.399 e. The fourth-order valence-electron chi connectivity index (χ4n) is 2.88. The molecule has 1 unspecified atom stereocenters. The Morgan fingerprint density at radius 1 is 1.42 bits per heavy atom. The Morgan fingerprint density at radius 3 is 2.71 bits per heavy atom. The first-order chi connectivity index (χ1) is 10.8. The van der Waals surface area contributed by atoms with Gasteiger partial charge in [-0.05, 0) is 37.5 Å². The van der Waals surface area contributed by atoms with Gasteiger partial charge in [0.15, 0.2) is 9.84 Å². The molecular formula is C16H25ClN2O4S. The summed E-state index contributed by atoms with van der Waals surface area (Å²) in [6, 6.07) is 4.94. The highest BCUT2D eigenvalue weighted by Gasteiger charge is 2.35. The summed E-state index contributed by atoms with van der Waals surface area (Å²) in [4.78, 5) is 14.6. The van der Waals surface area contributed by atoms with E-state index in [0.717, 1.165) is 5.56 Å². The van der Waals surface area contributed by atoms with Crippen molar-refractivity contribution in [1.82, 2.24) is 4.90 Å². The first-order valence-corrected chi connectivity index (χ1v) is 9.52. The van der Waals surface area contributed by atoms with Gasteiger partial charge in [-0.2, -0.15) is 0 Å². The van der Waals surface area contributed by atoms with Crippen LogP contribution in [0.2, 0.25) is 0 Å². The molecule has 1 aliphatic rings. The van der Waals surface area contributed by atoms with Crippen molar-refractivity contribution in [2.75, 3.05) is 37.5 Å². The number of hydrogen-bond donors (Lipinski definition) is 1. The minimum atomic E-state index is -3.05. The van der Waals surface area contributed by atoms with Gasteiger partial charge in [0.2, 0.25) is 0 Å². The van der Waals surface area contributed by atoms with E-state index in [9.17, 15) is 13.2 Å². The van der Waals surface area contributed by atoms with Crippen LogP contribution in [0.5, 0.6) is 0 Å². The molecule has 2 rings (SSSR count). The maximum absolute atomic E-state index is 12.9. The van der Waals surface area contributed by atoms with E-state index < -0.39 is 9.84 Å². The Morgan fingerprint density at radius 2 is 2.12 bits per heavy atom. The molecule has 0 aromatic heterocycles. The van der Waals surface area contributed by atoms with Gasteiger partial charge in [-0.1, -0.05) is 6.07 Å². The lowest BCUT2D eigenvalue weighted by Gasteiger charge is -2.29. The van der Waals surface area contributed by atoms with Gasteiger partial charge in [0.05, 0.1) is 11.5 Å². The largest absolute Gasteiger partial charge is 0.399 e. The average molecular weight is 377 g/mol. The molecule has 1 aromatic rings. The van der Waals surface area contributed by atoms with E-state index in [1.54, 1.807) is 30.2 Å². The van der Waals surface area contributed by atoms with Crippen LogP contribution in [0, 0.1) is 6.92 Å². The van der Waals surface area contributed by atoms with Crippen molar-refractivity contribution in [1.29, 1.82) is 0 Å². The lowest BCUT2D eigenvalue weighted by molar-refractivity contribution is 0.0673. The van der Waals surface area contributed by atoms with Crippen molar-refractivity contribution in [3.05, 3.63) is 29.3 Å². The van der Waals surface area contributed by atoms with Gasteiger partial charge < -0.3 is 15.4 Å². The van der Waals surface area contributed by atoms with E-state index in [4.69, 9.17) is 10.5 Å². The van der Waals surface area contributed by atoms with Crippen molar-refractivity contribution in [2.45, 2.75) is 25.8 Å². The molecule has 6 nitrogen and oxygen atoms in total. The highest BCUT2D eigenvalue weighted by Crippen LogP contribution is 2.22. The SMILES string of the molecule is COCCCN(C(=O)c1cc(N)ccc1C)C1CCS(=O)(=O)C1.Cl. The molecule has 136 valence electrons. The number of anilines is 1. The molecule has 1 amide bonds. The number of carbonyl (C=O) groups excluding carboxylic acids is 1. The van der Waals surface area contributed by atoms with Gasteiger partial charge in [0, 0.05) is 37.6 Å². The van der Waals surface area contributed by atoms with E-state index in [2.05, 4.69) is 0 Å². The van der Waals surface area contributed by atoms with Crippen LogP contribution >= 0.6 is 12.4 Å². The Kier molecular flexibility index (Phi) is 7.51. The molecule has 1 aromatic carbocycles. The predicted molar refractivity (Wildman–Crippen MR) is 97.4 cm³/mol. The summed E-state index contributed by atoms with van der Waals surface area (Å²) in [5, 5.41) is 0. The van der Waals surface area contributed by atoms with E-state index in [0.29, 0.717) is 37.2 Å². The van der Waals surface area contributed by atoms with Gasteiger partial charge >= 0.3 is 0 Å². The number of nitrogens with zero attached hydrogens (tertiary/aromatic N) is 1. The molecule has 0 spiro atoms. The minimum absolute atomic E-state index is 0. The normalized spacial score (nSPS) is 18.8. The molecule has 0 radical (unpaired) electrons. The van der Waals surface area contributed by atoms with Gasteiger partial charge in [0.25, 0.3) is 5.91 Å². The third kappa shape index (κ3) is 5.09. The molecule has 0 saturated carbocycles. The first kappa shape index (κ1) is 20.7. The number of sulfone groups is 1. The van der Waals surface area contributed by atoms with Crippen LogP contribution in [-0.2, 0) is 14.6 Å². The monoisotopic (exact) mass is 376 g/mol. The van der Waals surface area contributed by atoms with Crippen molar-refractivity contribution in [3.8, 4) is 0 Å². The summed E-state index contributed by atoms with van der Waals surface area (Å²) in [6.45, 7) is 2.85. The topological polar surface area (TPSA) is 89.7 Å². The number of hydrogen-bond acceptors (Lipinski definition) is 5. The maximum atomic E-state index is 12.9. The average Bonchev–Trinajstić information content (AvgIpc) is 2.85. The highest BCUT2D eigenvalue weighted by molar-refractivity contribution is 7.91. The summed E-state index contributed by atoms with van der Waals surface area (Å²) < 4.78 is 28.6. The number of rotatable bonds is 6. The highest BCUT2D eigenvalue weighted by atomic mass is 35.5. The smallest absolute Gasteiger partial charge is 0.254 e. The van der Waals surface area contributed by atoms with Gasteiger partial charge in [0.1, 0.15) is 0 Å². The summed E-state index contributed by atoms with van der Waals surface area (Å²) >= 11 is 0. The van der Waals surface area contributed by atoms with Crippen molar-refractivity contribution in [3.63, 3.8) is 0 Å². The van der Waals surface area contributed by atoms with Crippen molar-refractivity contribution < 1.29 is 17.9 Å². The molecule has 1 fully saturated rings. The first-order valence-electron chi connectivity index (χ1n) is 7.70. The second-order valence-corrected chi connectivity index (χ2v) is 8.20. The van der Waals surface area contributed by atoms with E-state index >= 15 is 0 Å². The van der Waals surface area contributed by atoms with Gasteiger partial charge in [-0.3, -0.25) is 4.79 Å². The number of benzene rings is 1. The quantitative estimate of drug-likeness (QED) is 0.602. The maximum Gasteiger partial charge on any atom is 0.254 e. The van der Waals surface area contributed by atoms with Crippen LogP contribution in [0.4, 0.5) is 5.69 Å². The lowest BCUT2D eigenvalue weighted by Crippen LogP contribution is -2.42. The lowest BCUT2D eigenvalue weighted by atomic mass is 10.0. The van der Waals surface area contributed by atoms with Crippen LogP contribution in [-0.4, -0.2) is 57.0 Å². The van der Waals surface area contributed by atoms with E-state index in [1.807, 2.05) is 6.92 Å². The number of ether oxygens (including phenoxy) is 1. The second-order valence-electron chi connectivity index (χ2n) is 5.98. The van der Waals surface area contributed by atoms with Crippen LogP contribution in [0.15, 0.2) is 18.2 Å². The Balaban J connectivity index is 0.00000288. The second kappa shape index (κ2) is 8.69. The predicted octanol–water partition coefficient (Wildman–Crippen LogP) is 1.66. The number of nitrogens with two attached hydrogens (primary N) is 1. The molecule has 1 aliphatic heterocycles. The molecule has 0 aliphatic carbocycles. The zero-order valence-electron chi connectivity index (χ0n) is 14.0. The molecule has 1 saturated heterocycles. The molecule has 1 atom stereocenters. The number of carbonyl (C=O) groups is 1. The van der Waals surface area contributed by atoms with Crippen molar-refractivity contribution in [2.24, 2.45) is 0 Å². The molecule has 0 bridgehead atoms. The summed E-state index contributed by atoms with van der Waals surface area (Å²) in [6.07, 6.45) is 1.16. The summed E-state index contributed by atoms with van der Waals surface area (Å²) in [5.74, 6) is 0.0161. The molecule has 8 heteroatoms. The zero-order valence-corrected chi connectivity index (χ0v) is 15.7. The van der Waals surface area contributed by atoms with Crippen LogP contribution < -0.4 is 5.73 Å². The van der Waals surface area contributed by atoms with E-state index in [-0.39, 0.29) is 35.9 Å². The summed E-state index contributed by atoms with van der Waals surface area (Å²) in [5.41, 5.74) is 7.69. The van der Waals surface area contributed by atoms with Crippen LogP contribution in [0.1, 0.15) is 28.8 Å². The Labute approximate surface area is 149 Å². The van der Waals surface area contributed by atoms with Crippen molar-refractivity contribution >= 4 is 33.8 Å². The molecule has 1 heterocycles. The van der Waals surface area contributed by atoms with Gasteiger partial charge in [-0.25, -0.2) is 8.42 Å². The Bertz CT molecular complexity index is 679. The third-order valence-corrected chi connectivity index (χ3v) is 5.90. The third-order valence-electron chi connectivity index (χ3n) is 4.15. The van der Waals surface area contributed by atoms with Crippen LogP contribution in [0.3, 0.4) is 0 Å². The molecule has 24 heavy (non-hydrogen) atoms. The fraction of sp³-hybridized carbons (Fsp3) is 0.562. The number of halogens is 1. The summed E-state index contributed by atoms with van der Waals surface area (Å²) in [7, 11) is -1.45. The number of aryl methyl sites for hydroxylation is 1. The zero-order chi connectivity index (χ0) is 17.0. The molecule has 2 N–H and O–H groups in total. The molecular weight excluding hydrogens is 352 g/mol. The standard InChI is InChI=1S/C16H24N2O4S.ClH/c1-12-4-5-13(17)10-15(12)16(19)18(7-3-8-22-2)14-6-9-23(20,21)11-14;/h4-5,10,14H,3,6-9,11,17H2,1-2H3;1H. The van der Waals surface area contributed by atoms with Crippen LogP contribution in [0.25, 0.3) is 0 Å². The number of amides is 1.